The van der Waals surface area contributed by atoms with Crippen LogP contribution < -0.4 is 4.90 Å². The molecule has 0 aliphatic carbocycles. The summed E-state index contributed by atoms with van der Waals surface area (Å²) >= 11 is 0. The highest BCUT2D eigenvalue weighted by molar-refractivity contribution is 5.59. The highest BCUT2D eigenvalue weighted by Crippen LogP contribution is 2.27. The zero-order chi connectivity index (χ0) is 13.0. The molecule has 1 heterocycles. The molecule has 0 saturated carbocycles. The van der Waals surface area contributed by atoms with Gasteiger partial charge in [-0.25, -0.2) is 4.39 Å². The Labute approximate surface area is 108 Å². The molecule has 1 aliphatic heterocycles. The molecule has 0 bridgehead atoms. The van der Waals surface area contributed by atoms with Crippen molar-refractivity contribution in [3.05, 3.63) is 29.6 Å². The second kappa shape index (κ2) is 5.86. The number of hydrogen-bond donors (Lipinski definition) is 0. The fourth-order valence-electron chi connectivity index (χ4n) is 2.69. The van der Waals surface area contributed by atoms with Crippen LogP contribution in [0.25, 0.3) is 0 Å². The lowest BCUT2D eigenvalue weighted by atomic mass is 9.98. The predicted molar refractivity (Wildman–Crippen MR) is 71.0 cm³/mol. The van der Waals surface area contributed by atoms with Gasteiger partial charge in [-0.15, -0.1) is 0 Å². The van der Waals surface area contributed by atoms with Crippen molar-refractivity contribution in [3.8, 4) is 6.07 Å². The minimum Gasteiger partial charge on any atom is -0.370 e. The Balaban J connectivity index is 2.19. The molecule has 96 valence electrons. The van der Waals surface area contributed by atoms with Crippen LogP contribution in [0.1, 0.15) is 38.2 Å². The molecule has 1 atom stereocenters. The van der Waals surface area contributed by atoms with Crippen LogP contribution in [0.5, 0.6) is 0 Å². The van der Waals surface area contributed by atoms with Gasteiger partial charge < -0.3 is 4.90 Å². The molecule has 1 saturated heterocycles. The third-order valence-corrected chi connectivity index (χ3v) is 3.84. The second-order valence-corrected chi connectivity index (χ2v) is 4.97. The lowest BCUT2D eigenvalue weighted by molar-refractivity contribution is 0.459. The summed E-state index contributed by atoms with van der Waals surface area (Å²) in [6, 6.07) is 6.61. The summed E-state index contributed by atoms with van der Waals surface area (Å²) in [6.45, 7) is 4.18. The first kappa shape index (κ1) is 12.9. The summed E-state index contributed by atoms with van der Waals surface area (Å²) in [5.41, 5.74) is 1.33. The van der Waals surface area contributed by atoms with Gasteiger partial charge in [0.25, 0.3) is 0 Å². The Morgan fingerprint density at radius 1 is 1.39 bits per heavy atom. The minimum atomic E-state index is -0.337. The topological polar surface area (TPSA) is 27.0 Å². The molecular weight excluding hydrogens is 227 g/mol. The van der Waals surface area contributed by atoms with E-state index in [1.807, 2.05) is 0 Å². The molecule has 1 aromatic rings. The SMILES string of the molecule is CCC1CCCN(c2ccc(F)cc2C#N)CC1. The van der Waals surface area contributed by atoms with E-state index in [4.69, 9.17) is 5.26 Å². The number of benzene rings is 1. The van der Waals surface area contributed by atoms with Crippen molar-refractivity contribution in [1.29, 1.82) is 5.26 Å². The quantitative estimate of drug-likeness (QED) is 0.795. The third-order valence-electron chi connectivity index (χ3n) is 3.84. The van der Waals surface area contributed by atoms with E-state index in [9.17, 15) is 4.39 Å². The molecule has 0 spiro atoms. The number of nitrogens with zero attached hydrogens (tertiary/aromatic N) is 2. The molecule has 18 heavy (non-hydrogen) atoms. The zero-order valence-corrected chi connectivity index (χ0v) is 10.8. The zero-order valence-electron chi connectivity index (χ0n) is 10.8. The van der Waals surface area contributed by atoms with E-state index in [2.05, 4.69) is 17.9 Å². The van der Waals surface area contributed by atoms with Crippen LogP contribution >= 0.6 is 0 Å². The van der Waals surface area contributed by atoms with Crippen molar-refractivity contribution < 1.29 is 4.39 Å². The van der Waals surface area contributed by atoms with Gasteiger partial charge in [0.2, 0.25) is 0 Å². The van der Waals surface area contributed by atoms with Crippen LogP contribution in [0.15, 0.2) is 18.2 Å². The van der Waals surface area contributed by atoms with E-state index in [0.717, 1.165) is 31.1 Å². The average molecular weight is 246 g/mol. The van der Waals surface area contributed by atoms with E-state index in [0.29, 0.717) is 5.56 Å². The van der Waals surface area contributed by atoms with Gasteiger partial charge in [-0.05, 0) is 43.4 Å². The summed E-state index contributed by atoms with van der Waals surface area (Å²) in [4.78, 5) is 2.23. The van der Waals surface area contributed by atoms with Gasteiger partial charge in [-0.3, -0.25) is 0 Å². The predicted octanol–water partition coefficient (Wildman–Crippen LogP) is 3.71. The van der Waals surface area contributed by atoms with Crippen molar-refractivity contribution in [2.24, 2.45) is 5.92 Å². The summed E-state index contributed by atoms with van der Waals surface area (Å²) in [7, 11) is 0. The molecule has 0 radical (unpaired) electrons. The van der Waals surface area contributed by atoms with Crippen LogP contribution in [-0.4, -0.2) is 13.1 Å². The first-order valence-corrected chi connectivity index (χ1v) is 6.69. The lowest BCUT2D eigenvalue weighted by Gasteiger charge is -2.24. The first-order valence-electron chi connectivity index (χ1n) is 6.69. The van der Waals surface area contributed by atoms with Crippen LogP contribution in [0.4, 0.5) is 10.1 Å². The number of hydrogen-bond acceptors (Lipinski definition) is 2. The lowest BCUT2D eigenvalue weighted by Crippen LogP contribution is -2.25. The summed E-state index contributed by atoms with van der Waals surface area (Å²) < 4.78 is 13.1. The van der Waals surface area contributed by atoms with Crippen molar-refractivity contribution in [2.45, 2.75) is 32.6 Å². The average Bonchev–Trinajstić information content (AvgIpc) is 2.63. The molecule has 1 aromatic carbocycles. The van der Waals surface area contributed by atoms with Crippen LogP contribution in [0.2, 0.25) is 0 Å². The van der Waals surface area contributed by atoms with Crippen molar-refractivity contribution in [3.63, 3.8) is 0 Å². The molecule has 2 rings (SSSR count). The Morgan fingerprint density at radius 3 is 2.94 bits per heavy atom. The summed E-state index contributed by atoms with van der Waals surface area (Å²) in [5.74, 6) is 0.456. The number of anilines is 1. The van der Waals surface area contributed by atoms with Gasteiger partial charge in [0.15, 0.2) is 0 Å². The monoisotopic (exact) mass is 246 g/mol. The maximum atomic E-state index is 13.1. The van der Waals surface area contributed by atoms with Crippen molar-refractivity contribution >= 4 is 5.69 Å². The van der Waals surface area contributed by atoms with Gasteiger partial charge in [0, 0.05) is 13.1 Å². The van der Waals surface area contributed by atoms with Crippen LogP contribution in [-0.2, 0) is 0 Å². The Kier molecular flexibility index (Phi) is 4.19. The van der Waals surface area contributed by atoms with Gasteiger partial charge in [0.05, 0.1) is 11.3 Å². The number of nitriles is 1. The van der Waals surface area contributed by atoms with Crippen molar-refractivity contribution in [2.75, 3.05) is 18.0 Å². The standard InChI is InChI=1S/C15H19FN2/c1-2-12-4-3-8-18(9-7-12)15-6-5-14(16)10-13(15)11-17/h5-6,10,12H,2-4,7-9H2,1H3. The van der Waals surface area contributed by atoms with Gasteiger partial charge in [-0.2, -0.15) is 5.26 Å². The smallest absolute Gasteiger partial charge is 0.124 e. The fraction of sp³-hybridized carbons (Fsp3) is 0.533. The van der Waals surface area contributed by atoms with Crippen molar-refractivity contribution in [1.82, 2.24) is 0 Å². The molecule has 2 nitrogen and oxygen atoms in total. The summed E-state index contributed by atoms with van der Waals surface area (Å²) in [5, 5.41) is 9.10. The molecule has 0 aromatic heterocycles. The molecule has 0 amide bonds. The molecule has 1 fully saturated rings. The largest absolute Gasteiger partial charge is 0.370 e. The van der Waals surface area contributed by atoms with Gasteiger partial charge in [0.1, 0.15) is 11.9 Å². The fourth-order valence-corrected chi connectivity index (χ4v) is 2.69. The number of halogens is 1. The summed E-state index contributed by atoms with van der Waals surface area (Å²) in [6.07, 6.45) is 4.80. The Bertz CT molecular complexity index is 450. The van der Waals surface area contributed by atoms with E-state index in [-0.39, 0.29) is 5.82 Å². The second-order valence-electron chi connectivity index (χ2n) is 4.97. The highest BCUT2D eigenvalue weighted by atomic mass is 19.1. The molecule has 0 N–H and O–H groups in total. The third kappa shape index (κ3) is 2.81. The minimum absolute atomic E-state index is 0.337. The Morgan fingerprint density at radius 2 is 2.22 bits per heavy atom. The van der Waals surface area contributed by atoms with E-state index in [1.54, 1.807) is 6.07 Å². The normalized spacial score (nSPS) is 20.3. The number of rotatable bonds is 2. The highest BCUT2D eigenvalue weighted by Gasteiger charge is 2.18. The van der Waals surface area contributed by atoms with E-state index in [1.165, 1.54) is 31.4 Å². The molecule has 1 aliphatic rings. The Hall–Kier alpha value is -1.56. The van der Waals surface area contributed by atoms with Crippen LogP contribution in [0, 0.1) is 23.1 Å². The van der Waals surface area contributed by atoms with E-state index >= 15 is 0 Å². The maximum Gasteiger partial charge on any atom is 0.124 e. The maximum absolute atomic E-state index is 13.1. The molecular formula is C15H19FN2. The van der Waals surface area contributed by atoms with Gasteiger partial charge >= 0.3 is 0 Å². The van der Waals surface area contributed by atoms with Crippen LogP contribution in [0.3, 0.4) is 0 Å². The van der Waals surface area contributed by atoms with Gasteiger partial charge in [-0.1, -0.05) is 13.3 Å². The van der Waals surface area contributed by atoms with E-state index < -0.39 is 0 Å². The first-order chi connectivity index (χ1) is 8.74. The molecule has 1 unspecified atom stereocenters. The molecule has 3 heteroatoms.